The molecule has 4 nitrogen and oxygen atoms in total. The van der Waals surface area contributed by atoms with E-state index >= 15 is 0 Å². The summed E-state index contributed by atoms with van der Waals surface area (Å²) in [6.45, 7) is 6.90. The van der Waals surface area contributed by atoms with E-state index in [9.17, 15) is 4.79 Å². The molecule has 0 bridgehead atoms. The van der Waals surface area contributed by atoms with Crippen molar-refractivity contribution in [3.05, 3.63) is 64.7 Å². The lowest BCUT2D eigenvalue weighted by atomic mass is 10.1. The summed E-state index contributed by atoms with van der Waals surface area (Å²) in [5.41, 5.74) is 4.84. The molecule has 0 saturated heterocycles. The molecule has 23 heavy (non-hydrogen) atoms. The van der Waals surface area contributed by atoms with Crippen LogP contribution in [0.1, 0.15) is 22.3 Å². The molecule has 2 amide bonds. The number of carbonyl (C=O) groups excluding carboxylic acids is 1. The molecule has 0 radical (unpaired) electrons. The Morgan fingerprint density at radius 1 is 1.00 bits per heavy atom. The molecule has 0 atom stereocenters. The Bertz CT molecular complexity index is 668. The maximum Gasteiger partial charge on any atom is 0.317 e. The Morgan fingerprint density at radius 2 is 1.83 bits per heavy atom. The normalized spacial score (nSPS) is 10.2. The van der Waals surface area contributed by atoms with E-state index in [1.807, 2.05) is 31.2 Å². The number of ether oxygens (including phenoxy) is 1. The summed E-state index contributed by atoms with van der Waals surface area (Å²) < 4.78 is 5.52. The molecule has 2 aromatic rings. The van der Waals surface area contributed by atoms with Crippen molar-refractivity contribution in [2.24, 2.45) is 0 Å². The van der Waals surface area contributed by atoms with Crippen molar-refractivity contribution in [2.75, 3.05) is 13.3 Å². The van der Waals surface area contributed by atoms with Crippen molar-refractivity contribution in [1.29, 1.82) is 0 Å². The third kappa shape index (κ3) is 5.66. The van der Waals surface area contributed by atoms with Crippen LogP contribution in [0.3, 0.4) is 0 Å². The molecule has 0 fully saturated rings. The SMILES string of the molecule is Cc1cccc(CCNC(=O)NCOc2ccc(C)c(C)c2)c1. The van der Waals surface area contributed by atoms with E-state index in [0.717, 1.165) is 12.2 Å². The van der Waals surface area contributed by atoms with Crippen LogP contribution in [0.5, 0.6) is 5.75 Å². The highest BCUT2D eigenvalue weighted by Crippen LogP contribution is 2.15. The lowest BCUT2D eigenvalue weighted by molar-refractivity contribution is 0.224. The molecule has 0 aromatic heterocycles. The number of urea groups is 1. The van der Waals surface area contributed by atoms with Gasteiger partial charge in [-0.15, -0.1) is 0 Å². The number of rotatable bonds is 6. The van der Waals surface area contributed by atoms with Crippen molar-refractivity contribution >= 4 is 6.03 Å². The molecule has 122 valence electrons. The Balaban J connectivity index is 1.66. The quantitative estimate of drug-likeness (QED) is 0.802. The zero-order valence-electron chi connectivity index (χ0n) is 14.0. The zero-order valence-corrected chi connectivity index (χ0v) is 14.0. The summed E-state index contributed by atoms with van der Waals surface area (Å²) >= 11 is 0. The van der Waals surface area contributed by atoms with Gasteiger partial charge in [-0.2, -0.15) is 0 Å². The van der Waals surface area contributed by atoms with Gasteiger partial charge < -0.3 is 15.4 Å². The first-order chi connectivity index (χ1) is 11.0. The van der Waals surface area contributed by atoms with E-state index < -0.39 is 0 Å². The van der Waals surface area contributed by atoms with Crippen molar-refractivity contribution in [2.45, 2.75) is 27.2 Å². The third-order valence-corrected chi connectivity index (χ3v) is 3.73. The third-order valence-electron chi connectivity index (χ3n) is 3.73. The van der Waals surface area contributed by atoms with E-state index in [4.69, 9.17) is 4.74 Å². The average molecular weight is 312 g/mol. The molecule has 0 aliphatic carbocycles. The molecule has 0 saturated carbocycles. The van der Waals surface area contributed by atoms with Gasteiger partial charge in [0, 0.05) is 6.54 Å². The van der Waals surface area contributed by atoms with E-state index in [1.54, 1.807) is 0 Å². The summed E-state index contributed by atoms with van der Waals surface area (Å²) in [5, 5.41) is 5.52. The van der Waals surface area contributed by atoms with Gasteiger partial charge in [-0.1, -0.05) is 35.9 Å². The molecule has 2 rings (SSSR count). The maximum atomic E-state index is 11.7. The van der Waals surface area contributed by atoms with E-state index in [-0.39, 0.29) is 12.8 Å². The van der Waals surface area contributed by atoms with E-state index in [1.165, 1.54) is 22.3 Å². The standard InChI is InChI=1S/C19H24N2O2/c1-14-5-4-6-17(11-14)9-10-20-19(22)21-13-23-18-8-7-15(2)16(3)12-18/h4-8,11-12H,9-10,13H2,1-3H3,(H2,20,21,22). The lowest BCUT2D eigenvalue weighted by Gasteiger charge is -2.10. The fourth-order valence-electron chi connectivity index (χ4n) is 2.24. The number of carbonyl (C=O) groups is 1. The minimum atomic E-state index is -0.221. The van der Waals surface area contributed by atoms with Gasteiger partial charge in [0.1, 0.15) is 5.75 Å². The fourth-order valence-corrected chi connectivity index (χ4v) is 2.24. The van der Waals surface area contributed by atoms with Gasteiger partial charge in [-0.3, -0.25) is 0 Å². The Labute approximate surface area is 137 Å². The van der Waals surface area contributed by atoms with Crippen molar-refractivity contribution < 1.29 is 9.53 Å². The first-order valence-corrected chi connectivity index (χ1v) is 7.82. The van der Waals surface area contributed by atoms with Crippen LogP contribution in [-0.2, 0) is 6.42 Å². The molecular formula is C19H24N2O2. The number of hydrogen-bond acceptors (Lipinski definition) is 2. The number of aryl methyl sites for hydroxylation is 3. The number of hydrogen-bond donors (Lipinski definition) is 2. The molecule has 4 heteroatoms. The van der Waals surface area contributed by atoms with Gasteiger partial charge in [0.05, 0.1) is 0 Å². The van der Waals surface area contributed by atoms with E-state index in [2.05, 4.69) is 42.7 Å². The monoisotopic (exact) mass is 312 g/mol. The minimum absolute atomic E-state index is 0.152. The highest BCUT2D eigenvalue weighted by atomic mass is 16.5. The van der Waals surface area contributed by atoms with Crippen LogP contribution >= 0.6 is 0 Å². The second-order valence-corrected chi connectivity index (χ2v) is 5.71. The topological polar surface area (TPSA) is 50.4 Å². The molecule has 0 aliphatic heterocycles. The number of benzene rings is 2. The van der Waals surface area contributed by atoms with Gasteiger partial charge in [-0.25, -0.2) is 4.79 Å². The van der Waals surface area contributed by atoms with Crippen LogP contribution in [0.2, 0.25) is 0 Å². The Kier molecular flexibility index (Phi) is 6.03. The number of amides is 2. The van der Waals surface area contributed by atoms with Crippen LogP contribution in [-0.4, -0.2) is 19.3 Å². The van der Waals surface area contributed by atoms with Crippen molar-refractivity contribution in [3.8, 4) is 5.75 Å². The maximum absolute atomic E-state index is 11.7. The predicted octanol–water partition coefficient (Wildman–Crippen LogP) is 3.49. The second kappa shape index (κ2) is 8.22. The predicted molar refractivity (Wildman–Crippen MR) is 92.8 cm³/mol. The lowest BCUT2D eigenvalue weighted by Crippen LogP contribution is -2.38. The van der Waals surface area contributed by atoms with Gasteiger partial charge in [0.25, 0.3) is 0 Å². The highest BCUT2D eigenvalue weighted by molar-refractivity contribution is 5.73. The largest absolute Gasteiger partial charge is 0.473 e. The molecule has 0 spiro atoms. The Morgan fingerprint density at radius 3 is 2.57 bits per heavy atom. The van der Waals surface area contributed by atoms with Crippen molar-refractivity contribution in [3.63, 3.8) is 0 Å². The van der Waals surface area contributed by atoms with Gasteiger partial charge in [0.2, 0.25) is 0 Å². The summed E-state index contributed by atoms with van der Waals surface area (Å²) in [7, 11) is 0. The van der Waals surface area contributed by atoms with E-state index in [0.29, 0.717) is 6.54 Å². The summed E-state index contributed by atoms with van der Waals surface area (Å²) in [6.07, 6.45) is 0.813. The first-order valence-electron chi connectivity index (χ1n) is 7.82. The smallest absolute Gasteiger partial charge is 0.317 e. The molecule has 0 unspecified atom stereocenters. The van der Waals surface area contributed by atoms with Gasteiger partial charge in [-0.05, 0) is 56.0 Å². The van der Waals surface area contributed by atoms with Crippen LogP contribution in [0, 0.1) is 20.8 Å². The molecular weight excluding hydrogens is 288 g/mol. The van der Waals surface area contributed by atoms with Crippen molar-refractivity contribution in [1.82, 2.24) is 10.6 Å². The zero-order chi connectivity index (χ0) is 16.7. The molecule has 0 heterocycles. The highest BCUT2D eigenvalue weighted by Gasteiger charge is 2.01. The fraction of sp³-hybridized carbons (Fsp3) is 0.316. The molecule has 0 aliphatic rings. The second-order valence-electron chi connectivity index (χ2n) is 5.71. The summed E-state index contributed by atoms with van der Waals surface area (Å²) in [5.74, 6) is 0.758. The van der Waals surface area contributed by atoms with Crippen LogP contribution < -0.4 is 15.4 Å². The van der Waals surface area contributed by atoms with Crippen LogP contribution in [0.15, 0.2) is 42.5 Å². The Hall–Kier alpha value is -2.49. The minimum Gasteiger partial charge on any atom is -0.473 e. The molecule has 2 N–H and O–H groups in total. The summed E-state index contributed by atoms with van der Waals surface area (Å²) in [4.78, 5) is 11.7. The average Bonchev–Trinajstić information content (AvgIpc) is 2.51. The summed E-state index contributed by atoms with van der Waals surface area (Å²) in [6, 6.07) is 13.9. The van der Waals surface area contributed by atoms with Crippen LogP contribution in [0.4, 0.5) is 4.79 Å². The van der Waals surface area contributed by atoms with Gasteiger partial charge in [0.15, 0.2) is 6.73 Å². The molecule has 2 aromatic carbocycles. The number of nitrogens with one attached hydrogen (secondary N) is 2. The van der Waals surface area contributed by atoms with Gasteiger partial charge >= 0.3 is 6.03 Å². The van der Waals surface area contributed by atoms with Crippen LogP contribution in [0.25, 0.3) is 0 Å². The first kappa shape index (κ1) is 16.9.